The van der Waals surface area contributed by atoms with Crippen molar-refractivity contribution in [3.63, 3.8) is 0 Å². The fraction of sp³-hybridized carbons (Fsp3) is 0.368. The van der Waals surface area contributed by atoms with E-state index in [9.17, 15) is 13.9 Å². The lowest BCUT2D eigenvalue weighted by atomic mass is 9.96. The number of nitrogens with two attached hydrogens (primary N) is 1. The highest BCUT2D eigenvalue weighted by molar-refractivity contribution is 6.42. The van der Waals surface area contributed by atoms with E-state index in [1.807, 2.05) is 0 Å². The largest absolute Gasteiger partial charge is 0.484 e. The van der Waals surface area contributed by atoms with Crippen LogP contribution in [0, 0.1) is 11.6 Å². The van der Waals surface area contributed by atoms with E-state index in [0.29, 0.717) is 36.6 Å². The van der Waals surface area contributed by atoms with E-state index in [-0.39, 0.29) is 16.7 Å². The summed E-state index contributed by atoms with van der Waals surface area (Å²) in [6.45, 7) is 0.979. The van der Waals surface area contributed by atoms with Crippen molar-refractivity contribution in [1.29, 1.82) is 0 Å². The van der Waals surface area contributed by atoms with Gasteiger partial charge in [0.1, 0.15) is 6.10 Å². The zero-order chi connectivity index (χ0) is 19.6. The second-order valence-corrected chi connectivity index (χ2v) is 7.20. The molecule has 0 spiro atoms. The summed E-state index contributed by atoms with van der Waals surface area (Å²) in [5.74, 6) is -2.24. The minimum Gasteiger partial charge on any atom is -0.484 e. The van der Waals surface area contributed by atoms with Crippen molar-refractivity contribution in [2.75, 3.05) is 13.2 Å². The Balaban J connectivity index is 1.80. The second-order valence-electron chi connectivity index (χ2n) is 6.39. The summed E-state index contributed by atoms with van der Waals surface area (Å²) in [4.78, 5) is 0. The number of benzene rings is 2. The highest BCUT2D eigenvalue weighted by atomic mass is 35.5. The van der Waals surface area contributed by atoms with Crippen LogP contribution in [0.1, 0.15) is 36.1 Å². The molecule has 2 aromatic rings. The molecule has 27 heavy (non-hydrogen) atoms. The van der Waals surface area contributed by atoms with Crippen LogP contribution in [0.3, 0.4) is 0 Å². The lowest BCUT2D eigenvalue weighted by molar-refractivity contribution is 0.0222. The standard InChI is InChI=1S/C19H19Cl2F2NO3/c20-13-2-1-10(7-14(13)21)17(24)18(25)11-8-15(22)19(16(23)9-11)27-12-3-5-26-6-4-12/h1-2,7-9,12,17-18,25H,3-6,24H2/t17-,18+/m0/s1. The van der Waals surface area contributed by atoms with Gasteiger partial charge in [-0.1, -0.05) is 29.3 Å². The Morgan fingerprint density at radius 3 is 2.26 bits per heavy atom. The van der Waals surface area contributed by atoms with Crippen molar-refractivity contribution in [1.82, 2.24) is 0 Å². The highest BCUT2D eigenvalue weighted by Gasteiger charge is 2.25. The molecule has 1 aliphatic rings. The zero-order valence-corrected chi connectivity index (χ0v) is 15.8. The molecule has 2 aromatic carbocycles. The maximum absolute atomic E-state index is 14.4. The monoisotopic (exact) mass is 417 g/mol. The summed E-state index contributed by atoms with van der Waals surface area (Å²) in [5.41, 5.74) is 6.52. The first-order valence-corrected chi connectivity index (χ1v) is 9.24. The third-order valence-electron chi connectivity index (χ3n) is 4.48. The smallest absolute Gasteiger partial charge is 0.191 e. The number of aliphatic hydroxyl groups excluding tert-OH is 1. The van der Waals surface area contributed by atoms with E-state index in [4.69, 9.17) is 38.4 Å². The molecular formula is C19H19Cl2F2NO3. The van der Waals surface area contributed by atoms with Gasteiger partial charge in [0.15, 0.2) is 17.4 Å². The molecule has 0 aliphatic carbocycles. The topological polar surface area (TPSA) is 64.7 Å². The van der Waals surface area contributed by atoms with Gasteiger partial charge in [0.05, 0.1) is 35.4 Å². The van der Waals surface area contributed by atoms with Crippen LogP contribution >= 0.6 is 23.2 Å². The van der Waals surface area contributed by atoms with E-state index in [1.54, 1.807) is 6.07 Å². The van der Waals surface area contributed by atoms with Crippen LogP contribution in [0.4, 0.5) is 8.78 Å². The molecule has 0 saturated carbocycles. The molecule has 3 N–H and O–H groups in total. The van der Waals surface area contributed by atoms with Gasteiger partial charge in [0, 0.05) is 12.8 Å². The number of halogens is 4. The van der Waals surface area contributed by atoms with Gasteiger partial charge in [-0.2, -0.15) is 0 Å². The van der Waals surface area contributed by atoms with Crippen LogP contribution in [0.5, 0.6) is 5.75 Å². The molecule has 4 nitrogen and oxygen atoms in total. The van der Waals surface area contributed by atoms with Crippen LogP contribution in [0.2, 0.25) is 10.0 Å². The lowest BCUT2D eigenvalue weighted by Crippen LogP contribution is -2.26. The Morgan fingerprint density at radius 2 is 1.67 bits per heavy atom. The van der Waals surface area contributed by atoms with Crippen molar-refractivity contribution in [2.24, 2.45) is 5.73 Å². The predicted octanol–water partition coefficient (Wildman–Crippen LogP) is 4.56. The summed E-state index contributed by atoms with van der Waals surface area (Å²) < 4.78 is 39.5. The van der Waals surface area contributed by atoms with Crippen LogP contribution in [0.15, 0.2) is 30.3 Å². The normalized spacial score (nSPS) is 17.6. The predicted molar refractivity (Wildman–Crippen MR) is 99.2 cm³/mol. The Bertz CT molecular complexity index is 793. The minimum atomic E-state index is -1.34. The average molecular weight is 418 g/mol. The molecule has 1 heterocycles. The fourth-order valence-corrected chi connectivity index (χ4v) is 3.24. The number of rotatable bonds is 5. The van der Waals surface area contributed by atoms with Crippen molar-refractivity contribution in [2.45, 2.75) is 31.1 Å². The van der Waals surface area contributed by atoms with Gasteiger partial charge in [-0.15, -0.1) is 0 Å². The first-order chi connectivity index (χ1) is 12.9. The van der Waals surface area contributed by atoms with Crippen LogP contribution in [-0.2, 0) is 4.74 Å². The molecule has 3 rings (SSSR count). The van der Waals surface area contributed by atoms with Gasteiger partial charge in [-0.3, -0.25) is 0 Å². The lowest BCUT2D eigenvalue weighted by Gasteiger charge is -2.25. The van der Waals surface area contributed by atoms with Crippen LogP contribution in [0.25, 0.3) is 0 Å². The average Bonchev–Trinajstić information content (AvgIpc) is 2.66. The quantitative estimate of drug-likeness (QED) is 0.747. The van der Waals surface area contributed by atoms with Gasteiger partial charge in [-0.05, 0) is 35.4 Å². The first-order valence-electron chi connectivity index (χ1n) is 8.48. The number of hydrogen-bond donors (Lipinski definition) is 2. The first kappa shape index (κ1) is 20.3. The van der Waals surface area contributed by atoms with E-state index >= 15 is 0 Å². The summed E-state index contributed by atoms with van der Waals surface area (Å²) in [6.07, 6.45) is -0.531. The fourth-order valence-electron chi connectivity index (χ4n) is 2.93. The number of ether oxygens (including phenoxy) is 2. The molecule has 146 valence electrons. The molecule has 8 heteroatoms. The summed E-state index contributed by atoms with van der Waals surface area (Å²) in [5, 5.41) is 11.1. The van der Waals surface area contributed by atoms with Crippen molar-refractivity contribution >= 4 is 23.2 Å². The van der Waals surface area contributed by atoms with E-state index < -0.39 is 29.5 Å². The minimum absolute atomic E-state index is 0.00269. The molecule has 1 fully saturated rings. The summed E-state index contributed by atoms with van der Waals surface area (Å²) in [7, 11) is 0. The zero-order valence-electron chi connectivity index (χ0n) is 14.3. The third-order valence-corrected chi connectivity index (χ3v) is 5.22. The Hall–Kier alpha value is -1.44. The highest BCUT2D eigenvalue weighted by Crippen LogP contribution is 2.34. The Kier molecular flexibility index (Phi) is 6.55. The van der Waals surface area contributed by atoms with Crippen LogP contribution in [-0.4, -0.2) is 24.4 Å². The van der Waals surface area contributed by atoms with E-state index in [1.165, 1.54) is 12.1 Å². The molecule has 2 atom stereocenters. The van der Waals surface area contributed by atoms with Crippen molar-refractivity contribution in [3.8, 4) is 5.75 Å². The van der Waals surface area contributed by atoms with E-state index in [0.717, 1.165) is 12.1 Å². The SMILES string of the molecule is N[C@@H](c1ccc(Cl)c(Cl)c1)[C@H](O)c1cc(F)c(OC2CCOCC2)c(F)c1. The van der Waals surface area contributed by atoms with Gasteiger partial charge >= 0.3 is 0 Å². The molecule has 1 aliphatic heterocycles. The van der Waals surface area contributed by atoms with Gasteiger partial charge in [0.25, 0.3) is 0 Å². The Labute approximate surface area is 165 Å². The van der Waals surface area contributed by atoms with Gasteiger partial charge in [-0.25, -0.2) is 8.78 Å². The maximum Gasteiger partial charge on any atom is 0.191 e. The van der Waals surface area contributed by atoms with E-state index in [2.05, 4.69) is 0 Å². The van der Waals surface area contributed by atoms with Crippen molar-refractivity contribution in [3.05, 3.63) is 63.1 Å². The van der Waals surface area contributed by atoms with Gasteiger partial charge < -0.3 is 20.3 Å². The second kappa shape index (κ2) is 8.71. The molecule has 0 radical (unpaired) electrons. The molecule has 0 amide bonds. The third kappa shape index (κ3) is 4.70. The van der Waals surface area contributed by atoms with Crippen LogP contribution < -0.4 is 10.5 Å². The molecule has 1 saturated heterocycles. The summed E-state index contributed by atoms with van der Waals surface area (Å²) >= 11 is 11.8. The molecule has 0 aromatic heterocycles. The molecule has 0 bridgehead atoms. The molecule has 0 unspecified atom stereocenters. The number of aliphatic hydroxyl groups is 1. The Morgan fingerprint density at radius 1 is 1.04 bits per heavy atom. The maximum atomic E-state index is 14.4. The van der Waals surface area contributed by atoms with Crippen molar-refractivity contribution < 1.29 is 23.4 Å². The molecular weight excluding hydrogens is 399 g/mol. The number of hydrogen-bond acceptors (Lipinski definition) is 4. The van der Waals surface area contributed by atoms with Gasteiger partial charge in [0.2, 0.25) is 0 Å². The summed E-state index contributed by atoms with van der Waals surface area (Å²) in [6, 6.07) is 5.75.